The highest BCUT2D eigenvalue weighted by molar-refractivity contribution is 5.94. The van der Waals surface area contributed by atoms with Gasteiger partial charge in [-0.15, -0.1) is 0 Å². The van der Waals surface area contributed by atoms with Crippen molar-refractivity contribution in [3.8, 4) is 0 Å². The third-order valence-corrected chi connectivity index (χ3v) is 3.35. The number of hydrogen-bond donors (Lipinski definition) is 3. The summed E-state index contributed by atoms with van der Waals surface area (Å²) in [6.45, 7) is 2.46. The van der Waals surface area contributed by atoms with Crippen molar-refractivity contribution in [3.05, 3.63) is 71.3 Å². The Morgan fingerprint density at radius 1 is 1.00 bits per heavy atom. The molecule has 2 aromatic rings. The summed E-state index contributed by atoms with van der Waals surface area (Å²) in [4.78, 5) is 23.8. The number of benzene rings is 2. The number of carbonyl (C=O) groups excluding carboxylic acids is 2. The fraction of sp³-hybridized carbons (Fsp3) is 0.222. The first-order chi connectivity index (χ1) is 11.1. The zero-order valence-electron chi connectivity index (χ0n) is 13.0. The molecule has 0 aromatic heterocycles. The second kappa shape index (κ2) is 8.10. The van der Waals surface area contributed by atoms with Crippen LogP contribution in [-0.4, -0.2) is 30.0 Å². The Morgan fingerprint density at radius 3 is 2.39 bits per heavy atom. The molecule has 120 valence electrons. The molecule has 0 fully saturated rings. The Kier molecular flexibility index (Phi) is 5.88. The molecular weight excluding hydrogens is 292 g/mol. The van der Waals surface area contributed by atoms with Gasteiger partial charge >= 0.3 is 0 Å². The second-order valence-electron chi connectivity index (χ2n) is 5.23. The van der Waals surface area contributed by atoms with E-state index >= 15 is 0 Å². The van der Waals surface area contributed by atoms with E-state index in [1.807, 2.05) is 25.1 Å². The lowest BCUT2D eigenvalue weighted by molar-refractivity contribution is -0.129. The van der Waals surface area contributed by atoms with Crippen LogP contribution < -0.4 is 10.6 Å². The summed E-state index contributed by atoms with van der Waals surface area (Å²) >= 11 is 0. The molecule has 2 aromatic carbocycles. The van der Waals surface area contributed by atoms with Crippen LogP contribution >= 0.6 is 0 Å². The molecule has 0 heterocycles. The van der Waals surface area contributed by atoms with Gasteiger partial charge in [0.15, 0.2) is 6.10 Å². The fourth-order valence-corrected chi connectivity index (χ4v) is 2.13. The molecule has 2 amide bonds. The summed E-state index contributed by atoms with van der Waals surface area (Å²) in [6, 6.07) is 16.0. The van der Waals surface area contributed by atoms with Gasteiger partial charge in [-0.05, 0) is 24.6 Å². The number of aliphatic hydroxyl groups excluding tert-OH is 1. The number of nitrogens with one attached hydrogen (secondary N) is 2. The Morgan fingerprint density at radius 2 is 1.70 bits per heavy atom. The van der Waals surface area contributed by atoms with Crippen LogP contribution in [0.3, 0.4) is 0 Å². The van der Waals surface area contributed by atoms with Crippen molar-refractivity contribution in [1.29, 1.82) is 0 Å². The number of aliphatic hydroxyl groups is 1. The number of hydrogen-bond acceptors (Lipinski definition) is 3. The van der Waals surface area contributed by atoms with E-state index in [0.29, 0.717) is 17.7 Å². The molecule has 0 saturated carbocycles. The maximum absolute atomic E-state index is 11.9. The van der Waals surface area contributed by atoms with E-state index in [9.17, 15) is 14.7 Å². The maximum Gasteiger partial charge on any atom is 0.253 e. The average molecular weight is 312 g/mol. The Balaban J connectivity index is 1.75. The summed E-state index contributed by atoms with van der Waals surface area (Å²) in [7, 11) is 0. The lowest BCUT2D eigenvalue weighted by atomic mass is 10.1. The first-order valence-corrected chi connectivity index (χ1v) is 7.43. The van der Waals surface area contributed by atoms with Gasteiger partial charge in [0.05, 0.1) is 0 Å². The monoisotopic (exact) mass is 312 g/mol. The van der Waals surface area contributed by atoms with Crippen LogP contribution in [0.5, 0.6) is 0 Å². The molecule has 3 N–H and O–H groups in total. The zero-order valence-corrected chi connectivity index (χ0v) is 13.0. The summed E-state index contributed by atoms with van der Waals surface area (Å²) < 4.78 is 0. The van der Waals surface area contributed by atoms with Gasteiger partial charge in [0, 0.05) is 18.7 Å². The van der Waals surface area contributed by atoms with Crippen molar-refractivity contribution < 1.29 is 14.7 Å². The lowest BCUT2D eigenvalue weighted by Gasteiger charge is -2.12. The highest BCUT2D eigenvalue weighted by Gasteiger charge is 2.16. The third-order valence-electron chi connectivity index (χ3n) is 3.35. The fourth-order valence-electron chi connectivity index (χ4n) is 2.13. The molecule has 0 saturated heterocycles. The number of carbonyl (C=O) groups is 2. The topological polar surface area (TPSA) is 78.4 Å². The maximum atomic E-state index is 11.9. The minimum absolute atomic E-state index is 0.188. The number of aryl methyl sites for hydroxylation is 1. The molecule has 2 rings (SSSR count). The Bertz CT molecular complexity index is 671. The van der Waals surface area contributed by atoms with Gasteiger partial charge in [-0.25, -0.2) is 0 Å². The summed E-state index contributed by atoms with van der Waals surface area (Å²) in [5.74, 6) is -0.674. The lowest BCUT2D eigenvalue weighted by Crippen LogP contribution is -2.37. The molecule has 1 atom stereocenters. The van der Waals surface area contributed by atoms with Crippen LogP contribution in [0, 0.1) is 6.92 Å². The molecule has 0 aliphatic rings. The van der Waals surface area contributed by atoms with Crippen LogP contribution in [0.1, 0.15) is 27.6 Å². The van der Waals surface area contributed by atoms with Gasteiger partial charge < -0.3 is 15.7 Å². The van der Waals surface area contributed by atoms with E-state index in [0.717, 1.165) is 5.56 Å². The molecule has 5 heteroatoms. The molecule has 0 aliphatic heterocycles. The van der Waals surface area contributed by atoms with Gasteiger partial charge in [0.1, 0.15) is 0 Å². The molecular formula is C18H20N2O3. The third kappa shape index (κ3) is 4.93. The van der Waals surface area contributed by atoms with Gasteiger partial charge in [0.2, 0.25) is 0 Å². The minimum atomic E-state index is -1.20. The number of amides is 2. The average Bonchev–Trinajstić information content (AvgIpc) is 2.58. The van der Waals surface area contributed by atoms with E-state index < -0.39 is 12.0 Å². The molecule has 23 heavy (non-hydrogen) atoms. The van der Waals surface area contributed by atoms with Crippen molar-refractivity contribution in [2.45, 2.75) is 13.0 Å². The van der Waals surface area contributed by atoms with Crippen molar-refractivity contribution in [2.75, 3.05) is 13.1 Å². The minimum Gasteiger partial charge on any atom is -0.378 e. The van der Waals surface area contributed by atoms with Crippen molar-refractivity contribution >= 4 is 11.8 Å². The van der Waals surface area contributed by atoms with E-state index in [2.05, 4.69) is 10.6 Å². The number of rotatable bonds is 6. The summed E-state index contributed by atoms with van der Waals surface area (Å²) in [6.07, 6.45) is -1.20. The quantitative estimate of drug-likeness (QED) is 0.709. The largest absolute Gasteiger partial charge is 0.378 e. The van der Waals surface area contributed by atoms with Crippen LogP contribution in [0.25, 0.3) is 0 Å². The van der Waals surface area contributed by atoms with Gasteiger partial charge in [0.25, 0.3) is 11.8 Å². The zero-order chi connectivity index (χ0) is 16.7. The highest BCUT2D eigenvalue weighted by atomic mass is 16.3. The smallest absolute Gasteiger partial charge is 0.253 e. The second-order valence-corrected chi connectivity index (χ2v) is 5.23. The Labute approximate surface area is 135 Å². The molecule has 0 spiro atoms. The van der Waals surface area contributed by atoms with E-state index in [4.69, 9.17) is 0 Å². The van der Waals surface area contributed by atoms with Crippen LogP contribution in [0.2, 0.25) is 0 Å². The van der Waals surface area contributed by atoms with Gasteiger partial charge in [-0.1, -0.05) is 48.0 Å². The SMILES string of the molecule is Cc1cccc(C(=O)NCCNC(=O)[C@H](O)c2ccccc2)c1. The first-order valence-electron chi connectivity index (χ1n) is 7.43. The van der Waals surface area contributed by atoms with Crippen molar-refractivity contribution in [1.82, 2.24) is 10.6 Å². The summed E-state index contributed by atoms with van der Waals surface area (Å²) in [5.41, 5.74) is 2.13. The highest BCUT2D eigenvalue weighted by Crippen LogP contribution is 2.11. The van der Waals surface area contributed by atoms with E-state index in [1.54, 1.807) is 36.4 Å². The standard InChI is InChI=1S/C18H20N2O3/c1-13-6-5-9-15(12-13)17(22)19-10-11-20-18(23)16(21)14-7-3-2-4-8-14/h2-9,12,16,21H,10-11H2,1H3,(H,19,22)(H,20,23)/t16-/m1/s1. The molecule has 5 nitrogen and oxygen atoms in total. The molecule has 0 unspecified atom stereocenters. The molecule has 0 aliphatic carbocycles. The predicted molar refractivity (Wildman–Crippen MR) is 87.9 cm³/mol. The van der Waals surface area contributed by atoms with Crippen LogP contribution in [0.15, 0.2) is 54.6 Å². The van der Waals surface area contributed by atoms with Crippen molar-refractivity contribution in [3.63, 3.8) is 0 Å². The van der Waals surface area contributed by atoms with Gasteiger partial charge in [-0.3, -0.25) is 9.59 Å². The first kappa shape index (κ1) is 16.7. The molecule has 0 bridgehead atoms. The van der Waals surface area contributed by atoms with Gasteiger partial charge in [-0.2, -0.15) is 0 Å². The Hall–Kier alpha value is -2.66. The van der Waals surface area contributed by atoms with E-state index in [1.165, 1.54) is 0 Å². The predicted octanol–water partition coefficient (Wildman–Crippen LogP) is 1.57. The van der Waals surface area contributed by atoms with Crippen LogP contribution in [0.4, 0.5) is 0 Å². The summed E-state index contributed by atoms with van der Waals surface area (Å²) in [5, 5.41) is 15.2. The van der Waals surface area contributed by atoms with Crippen molar-refractivity contribution in [2.24, 2.45) is 0 Å². The normalized spacial score (nSPS) is 11.6. The van der Waals surface area contributed by atoms with E-state index in [-0.39, 0.29) is 12.5 Å². The van der Waals surface area contributed by atoms with Crippen LogP contribution in [-0.2, 0) is 4.79 Å². The molecule has 0 radical (unpaired) electrons.